The Kier molecular flexibility index (Phi) is 4.71. The zero-order chi connectivity index (χ0) is 13.2. The minimum atomic E-state index is 0.451. The smallest absolute Gasteiger partial charge is 0.0309 e. The molecule has 0 aromatic rings. The Hall–Kier alpha value is -0.0800. The van der Waals surface area contributed by atoms with Crippen LogP contribution in [0.2, 0.25) is 0 Å². The lowest BCUT2D eigenvalue weighted by Gasteiger charge is -2.52. The van der Waals surface area contributed by atoms with Crippen molar-refractivity contribution in [2.24, 2.45) is 5.92 Å². The second-order valence-electron chi connectivity index (χ2n) is 6.96. The van der Waals surface area contributed by atoms with Gasteiger partial charge in [-0.2, -0.15) is 0 Å². The van der Waals surface area contributed by atoms with Gasteiger partial charge in [-0.05, 0) is 32.1 Å². The van der Waals surface area contributed by atoms with Gasteiger partial charge in [-0.3, -0.25) is 4.90 Å². The van der Waals surface area contributed by atoms with Crippen molar-refractivity contribution in [3.8, 4) is 0 Å². The minimum absolute atomic E-state index is 0.451. The van der Waals surface area contributed by atoms with Crippen molar-refractivity contribution in [1.82, 2.24) is 10.2 Å². The summed E-state index contributed by atoms with van der Waals surface area (Å²) in [5.41, 5.74) is 0.451. The molecule has 0 bridgehead atoms. The number of nitrogens with one attached hydrogen (secondary N) is 1. The van der Waals surface area contributed by atoms with Crippen LogP contribution in [-0.4, -0.2) is 35.6 Å². The molecule has 1 saturated heterocycles. The lowest BCUT2D eigenvalue weighted by atomic mass is 9.78. The molecule has 0 radical (unpaired) electrons. The van der Waals surface area contributed by atoms with Crippen LogP contribution in [0.25, 0.3) is 0 Å². The molecule has 1 heterocycles. The fraction of sp³-hybridized carbons (Fsp3) is 1.00. The van der Waals surface area contributed by atoms with Gasteiger partial charge >= 0.3 is 0 Å². The van der Waals surface area contributed by atoms with Crippen LogP contribution in [0.15, 0.2) is 0 Å². The molecule has 2 fully saturated rings. The maximum Gasteiger partial charge on any atom is 0.0309 e. The van der Waals surface area contributed by atoms with Gasteiger partial charge in [0, 0.05) is 30.7 Å². The van der Waals surface area contributed by atoms with Gasteiger partial charge in [0.1, 0.15) is 0 Å². The first-order chi connectivity index (χ1) is 8.58. The van der Waals surface area contributed by atoms with Gasteiger partial charge in [0.25, 0.3) is 0 Å². The second-order valence-corrected chi connectivity index (χ2v) is 6.96. The molecule has 2 rings (SSSR count). The quantitative estimate of drug-likeness (QED) is 0.828. The summed E-state index contributed by atoms with van der Waals surface area (Å²) < 4.78 is 0. The lowest BCUT2D eigenvalue weighted by molar-refractivity contribution is 0.0144. The van der Waals surface area contributed by atoms with Crippen LogP contribution in [0.4, 0.5) is 0 Å². The summed E-state index contributed by atoms with van der Waals surface area (Å²) in [6.45, 7) is 12.0. The van der Waals surface area contributed by atoms with Gasteiger partial charge in [-0.1, -0.05) is 40.0 Å². The highest BCUT2D eigenvalue weighted by Gasteiger charge is 2.40. The van der Waals surface area contributed by atoms with Crippen LogP contribution in [0.1, 0.15) is 66.2 Å². The van der Waals surface area contributed by atoms with E-state index < -0.39 is 0 Å². The van der Waals surface area contributed by atoms with Crippen molar-refractivity contribution in [2.75, 3.05) is 13.1 Å². The molecule has 0 amide bonds. The van der Waals surface area contributed by atoms with Crippen molar-refractivity contribution in [3.63, 3.8) is 0 Å². The highest BCUT2D eigenvalue weighted by Crippen LogP contribution is 2.33. The van der Waals surface area contributed by atoms with E-state index in [0.29, 0.717) is 11.6 Å². The first-order valence-corrected chi connectivity index (χ1v) is 8.09. The Balaban J connectivity index is 2.08. The number of rotatable bonds is 3. The highest BCUT2D eigenvalue weighted by atomic mass is 15.3. The maximum atomic E-state index is 3.89. The first-order valence-electron chi connectivity index (χ1n) is 8.09. The molecule has 2 atom stereocenters. The first kappa shape index (κ1) is 14.3. The van der Waals surface area contributed by atoms with Crippen LogP contribution in [0.5, 0.6) is 0 Å². The highest BCUT2D eigenvalue weighted by molar-refractivity contribution is 5.00. The topological polar surface area (TPSA) is 15.3 Å². The molecular formula is C16H32N2. The van der Waals surface area contributed by atoms with Crippen LogP contribution < -0.4 is 5.32 Å². The van der Waals surface area contributed by atoms with E-state index in [4.69, 9.17) is 0 Å². The second kappa shape index (κ2) is 5.92. The van der Waals surface area contributed by atoms with Crippen LogP contribution in [0.3, 0.4) is 0 Å². The summed E-state index contributed by atoms with van der Waals surface area (Å²) in [4.78, 5) is 2.81. The van der Waals surface area contributed by atoms with Crippen molar-refractivity contribution in [3.05, 3.63) is 0 Å². The van der Waals surface area contributed by atoms with Crippen molar-refractivity contribution >= 4 is 0 Å². The summed E-state index contributed by atoms with van der Waals surface area (Å²) in [6, 6.07) is 1.46. The monoisotopic (exact) mass is 252 g/mol. The third-order valence-corrected chi connectivity index (χ3v) is 5.25. The molecular weight excluding hydrogens is 220 g/mol. The lowest BCUT2D eigenvalue weighted by Crippen LogP contribution is -2.66. The minimum Gasteiger partial charge on any atom is -0.308 e. The largest absolute Gasteiger partial charge is 0.308 e. The van der Waals surface area contributed by atoms with Gasteiger partial charge in [0.05, 0.1) is 0 Å². The van der Waals surface area contributed by atoms with Gasteiger partial charge < -0.3 is 5.32 Å². The maximum absolute atomic E-state index is 3.89. The van der Waals surface area contributed by atoms with Crippen molar-refractivity contribution < 1.29 is 0 Å². The summed E-state index contributed by atoms with van der Waals surface area (Å²) in [5.74, 6) is 0.774. The molecule has 1 N–H and O–H groups in total. The van der Waals surface area contributed by atoms with Crippen LogP contribution in [0, 0.1) is 5.92 Å². The molecule has 0 aromatic carbocycles. The molecule has 1 saturated carbocycles. The SMILES string of the molecule is CCC(C(C)C)N1CC2(CCCCC2)NCC1C. The van der Waals surface area contributed by atoms with Crippen LogP contribution >= 0.6 is 0 Å². The number of hydrogen-bond acceptors (Lipinski definition) is 2. The normalized spacial score (nSPS) is 30.8. The van der Waals surface area contributed by atoms with Gasteiger partial charge in [0.15, 0.2) is 0 Å². The van der Waals surface area contributed by atoms with E-state index in [1.807, 2.05) is 0 Å². The Bertz CT molecular complexity index is 256. The number of nitrogens with zero attached hydrogens (tertiary/aromatic N) is 1. The third kappa shape index (κ3) is 2.91. The predicted octanol–water partition coefficient (Wildman–Crippen LogP) is 3.42. The number of hydrogen-bond donors (Lipinski definition) is 1. The molecule has 1 aliphatic heterocycles. The predicted molar refractivity (Wildman–Crippen MR) is 78.9 cm³/mol. The van der Waals surface area contributed by atoms with Gasteiger partial charge in [-0.15, -0.1) is 0 Å². The van der Waals surface area contributed by atoms with E-state index in [0.717, 1.165) is 12.0 Å². The zero-order valence-electron chi connectivity index (χ0n) is 12.8. The average molecular weight is 252 g/mol. The molecule has 106 valence electrons. The Morgan fingerprint density at radius 3 is 2.44 bits per heavy atom. The molecule has 0 aromatic heterocycles. The molecule has 2 nitrogen and oxygen atoms in total. The van der Waals surface area contributed by atoms with E-state index in [-0.39, 0.29) is 0 Å². The van der Waals surface area contributed by atoms with Crippen LogP contribution in [-0.2, 0) is 0 Å². The summed E-state index contributed by atoms with van der Waals surface area (Å²) in [7, 11) is 0. The Morgan fingerprint density at radius 2 is 1.89 bits per heavy atom. The summed E-state index contributed by atoms with van der Waals surface area (Å²) >= 11 is 0. The Morgan fingerprint density at radius 1 is 1.22 bits per heavy atom. The van der Waals surface area contributed by atoms with Gasteiger partial charge in [-0.25, -0.2) is 0 Å². The molecule has 18 heavy (non-hydrogen) atoms. The van der Waals surface area contributed by atoms with Crippen molar-refractivity contribution in [1.29, 1.82) is 0 Å². The third-order valence-electron chi connectivity index (χ3n) is 5.25. The summed E-state index contributed by atoms with van der Waals surface area (Å²) in [6.07, 6.45) is 8.37. The van der Waals surface area contributed by atoms with E-state index in [1.165, 1.54) is 51.6 Å². The van der Waals surface area contributed by atoms with E-state index in [1.54, 1.807) is 0 Å². The summed E-state index contributed by atoms with van der Waals surface area (Å²) in [5, 5.41) is 3.89. The van der Waals surface area contributed by atoms with Gasteiger partial charge in [0.2, 0.25) is 0 Å². The zero-order valence-corrected chi connectivity index (χ0v) is 12.8. The molecule has 1 spiro atoms. The molecule has 2 aliphatic rings. The standard InChI is InChI=1S/C16H32N2/c1-5-15(13(2)3)18-12-16(17-11-14(18)4)9-7-6-8-10-16/h13-15,17H,5-12H2,1-4H3. The molecule has 2 heteroatoms. The average Bonchev–Trinajstić information content (AvgIpc) is 2.35. The molecule has 1 aliphatic carbocycles. The molecule has 2 unspecified atom stereocenters. The van der Waals surface area contributed by atoms with E-state index >= 15 is 0 Å². The fourth-order valence-electron chi connectivity index (χ4n) is 4.14. The van der Waals surface area contributed by atoms with Crippen molar-refractivity contribution in [2.45, 2.75) is 83.8 Å². The Labute approximate surface area is 114 Å². The van der Waals surface area contributed by atoms with E-state index in [9.17, 15) is 0 Å². The van der Waals surface area contributed by atoms with E-state index in [2.05, 4.69) is 37.9 Å². The fourth-order valence-corrected chi connectivity index (χ4v) is 4.14. The number of piperazine rings is 1.